The van der Waals surface area contributed by atoms with E-state index >= 15 is 0 Å². The normalized spacial score (nSPS) is 37.7. The van der Waals surface area contributed by atoms with Crippen molar-refractivity contribution in [2.75, 3.05) is 25.0 Å². The Morgan fingerprint density at radius 3 is 2.84 bits per heavy atom. The third-order valence-electron chi connectivity index (χ3n) is 9.25. The molecular weight excluding hydrogens is 388 g/mol. The minimum atomic E-state index is -0.817. The Morgan fingerprint density at radius 2 is 1.94 bits per heavy atom. The van der Waals surface area contributed by atoms with Crippen molar-refractivity contribution in [3.05, 3.63) is 53.1 Å². The molecule has 0 radical (unpaired) electrons. The number of hydrogen-bond acceptors (Lipinski definition) is 5. The first-order valence-electron chi connectivity index (χ1n) is 11.8. The zero-order valence-electron chi connectivity index (χ0n) is 18.1. The Balaban J connectivity index is 1.42. The number of benzene rings is 2. The van der Waals surface area contributed by atoms with Gasteiger partial charge in [-0.3, -0.25) is 0 Å². The second kappa shape index (κ2) is 5.96. The first-order chi connectivity index (χ1) is 15.0. The van der Waals surface area contributed by atoms with Crippen LogP contribution in [0.25, 0.3) is 0 Å². The molecule has 2 aliphatic carbocycles. The van der Waals surface area contributed by atoms with Crippen LogP contribution in [-0.4, -0.2) is 59.0 Å². The molecule has 162 valence electrons. The Hall–Kier alpha value is -2.24. The molecule has 2 bridgehead atoms. The Bertz CT molecular complexity index is 1090. The SMILES string of the molecule is CN1CC[C@]23c4c5ccc(O)c4O[C@H]2[C@H](N2CCCc4ccccc42)CC[C@@]3(O)[C@@H]1C5. The van der Waals surface area contributed by atoms with E-state index < -0.39 is 11.0 Å². The van der Waals surface area contributed by atoms with Crippen LogP contribution in [-0.2, 0) is 18.3 Å². The molecule has 5 aliphatic rings. The molecule has 1 saturated heterocycles. The molecule has 2 fully saturated rings. The number of fused-ring (bicyclic) bond motifs is 1. The number of piperidine rings is 1. The van der Waals surface area contributed by atoms with Gasteiger partial charge in [-0.25, -0.2) is 0 Å². The van der Waals surface area contributed by atoms with Crippen LogP contribution in [0.1, 0.15) is 42.4 Å². The Labute approximate surface area is 183 Å². The average molecular weight is 419 g/mol. The minimum absolute atomic E-state index is 0.102. The van der Waals surface area contributed by atoms with E-state index in [1.54, 1.807) is 6.07 Å². The van der Waals surface area contributed by atoms with E-state index in [4.69, 9.17) is 4.74 Å². The second-order valence-corrected chi connectivity index (χ2v) is 10.4. The highest BCUT2D eigenvalue weighted by Gasteiger charge is 2.73. The van der Waals surface area contributed by atoms with E-state index in [2.05, 4.69) is 47.2 Å². The van der Waals surface area contributed by atoms with Crippen LogP contribution in [0.15, 0.2) is 36.4 Å². The van der Waals surface area contributed by atoms with Gasteiger partial charge in [0.25, 0.3) is 0 Å². The molecule has 5 heteroatoms. The second-order valence-electron chi connectivity index (χ2n) is 10.4. The van der Waals surface area contributed by atoms with Gasteiger partial charge >= 0.3 is 0 Å². The highest BCUT2D eigenvalue weighted by Crippen LogP contribution is 2.65. The minimum Gasteiger partial charge on any atom is -0.504 e. The van der Waals surface area contributed by atoms with E-state index in [0.717, 1.165) is 57.2 Å². The van der Waals surface area contributed by atoms with Gasteiger partial charge in [0.05, 0.1) is 17.1 Å². The maximum absolute atomic E-state index is 12.4. The summed E-state index contributed by atoms with van der Waals surface area (Å²) in [5.41, 5.74) is 3.83. The molecular formula is C26H30N2O3. The molecule has 0 aromatic heterocycles. The van der Waals surface area contributed by atoms with Gasteiger partial charge < -0.3 is 24.7 Å². The summed E-state index contributed by atoms with van der Waals surface area (Å²) in [5, 5.41) is 23.1. The summed E-state index contributed by atoms with van der Waals surface area (Å²) in [5.74, 6) is 0.862. The first kappa shape index (κ1) is 18.3. The number of anilines is 1. The number of rotatable bonds is 1. The number of nitrogens with zero attached hydrogens (tertiary/aromatic N) is 2. The monoisotopic (exact) mass is 418 g/mol. The molecule has 3 heterocycles. The third kappa shape index (κ3) is 2.05. The number of aliphatic hydroxyl groups is 1. The molecule has 3 aliphatic heterocycles. The smallest absolute Gasteiger partial charge is 0.165 e. The van der Waals surface area contributed by atoms with Crippen molar-refractivity contribution in [3.8, 4) is 11.5 Å². The summed E-state index contributed by atoms with van der Waals surface area (Å²) in [6.07, 6.45) is 5.51. The van der Waals surface area contributed by atoms with Gasteiger partial charge in [0.2, 0.25) is 0 Å². The van der Waals surface area contributed by atoms with E-state index in [1.807, 2.05) is 0 Å². The predicted octanol–water partition coefficient (Wildman–Crippen LogP) is 3.00. The number of phenolic OH excluding ortho intramolecular Hbond substituents is 1. The number of aryl methyl sites for hydroxylation is 1. The molecule has 5 atom stereocenters. The molecule has 31 heavy (non-hydrogen) atoms. The lowest BCUT2D eigenvalue weighted by atomic mass is 9.48. The molecule has 0 amide bonds. The maximum atomic E-state index is 12.4. The summed E-state index contributed by atoms with van der Waals surface area (Å²) < 4.78 is 6.72. The number of ether oxygens (including phenoxy) is 1. The van der Waals surface area contributed by atoms with E-state index in [9.17, 15) is 10.2 Å². The van der Waals surface area contributed by atoms with Crippen molar-refractivity contribution < 1.29 is 14.9 Å². The molecule has 1 spiro atoms. The lowest BCUT2D eigenvalue weighted by Crippen LogP contribution is -2.78. The highest BCUT2D eigenvalue weighted by molar-refractivity contribution is 5.64. The molecule has 7 rings (SSSR count). The number of para-hydroxylation sites is 1. The number of phenols is 1. The Morgan fingerprint density at radius 1 is 1.06 bits per heavy atom. The third-order valence-corrected chi connectivity index (χ3v) is 9.25. The zero-order valence-corrected chi connectivity index (χ0v) is 18.1. The summed E-state index contributed by atoms with van der Waals surface area (Å²) >= 11 is 0. The quantitative estimate of drug-likeness (QED) is 0.746. The van der Waals surface area contributed by atoms with Crippen LogP contribution in [0.2, 0.25) is 0 Å². The summed E-state index contributed by atoms with van der Waals surface area (Å²) in [7, 11) is 2.15. The van der Waals surface area contributed by atoms with Crippen LogP contribution in [0.3, 0.4) is 0 Å². The van der Waals surface area contributed by atoms with Gasteiger partial charge in [0.1, 0.15) is 6.10 Å². The predicted molar refractivity (Wildman–Crippen MR) is 119 cm³/mol. The van der Waals surface area contributed by atoms with Gasteiger partial charge in [-0.05, 0) is 75.4 Å². The van der Waals surface area contributed by atoms with Gasteiger partial charge in [-0.1, -0.05) is 24.3 Å². The van der Waals surface area contributed by atoms with Crippen molar-refractivity contribution in [2.45, 2.75) is 67.7 Å². The van der Waals surface area contributed by atoms with Crippen LogP contribution >= 0.6 is 0 Å². The van der Waals surface area contributed by atoms with Crippen LogP contribution in [0, 0.1) is 0 Å². The van der Waals surface area contributed by atoms with Gasteiger partial charge in [-0.2, -0.15) is 0 Å². The molecule has 2 N–H and O–H groups in total. The summed E-state index contributed by atoms with van der Waals surface area (Å²) in [4.78, 5) is 4.91. The zero-order chi connectivity index (χ0) is 21.0. The fourth-order valence-corrected chi connectivity index (χ4v) is 7.95. The number of likely N-dealkylation sites (N-methyl/N-ethyl adjacent to an activating group) is 1. The van der Waals surface area contributed by atoms with Crippen molar-refractivity contribution in [1.82, 2.24) is 4.90 Å². The molecule has 1 saturated carbocycles. The lowest BCUT2D eigenvalue weighted by Gasteiger charge is -2.64. The van der Waals surface area contributed by atoms with Crippen LogP contribution in [0.4, 0.5) is 5.69 Å². The number of hydrogen-bond donors (Lipinski definition) is 2. The van der Waals surface area contributed by atoms with Crippen LogP contribution in [0.5, 0.6) is 11.5 Å². The van der Waals surface area contributed by atoms with Gasteiger partial charge in [0.15, 0.2) is 11.5 Å². The first-order valence-corrected chi connectivity index (χ1v) is 11.8. The van der Waals surface area contributed by atoms with Gasteiger partial charge in [-0.15, -0.1) is 0 Å². The summed E-state index contributed by atoms with van der Waals surface area (Å²) in [6, 6.07) is 12.9. The summed E-state index contributed by atoms with van der Waals surface area (Å²) in [6.45, 7) is 1.97. The van der Waals surface area contributed by atoms with E-state index in [-0.39, 0.29) is 23.9 Å². The average Bonchev–Trinajstić information content (AvgIpc) is 3.14. The van der Waals surface area contributed by atoms with Crippen LogP contribution < -0.4 is 9.64 Å². The lowest BCUT2D eigenvalue weighted by molar-refractivity contribution is -0.184. The molecule has 2 aromatic carbocycles. The largest absolute Gasteiger partial charge is 0.504 e. The standard InChI is InChI=1S/C26H30N2O3/c1-27-14-12-25-22-17-8-9-20(29)23(22)31-24(25)19(10-11-26(25,30)21(27)15-17)28-13-4-6-16-5-2-3-7-18(16)28/h2-3,5,7-9,19,21,24,29-30H,4,6,10-15H2,1H3/t19-,21+,24+,25+,26-/m1/s1. The maximum Gasteiger partial charge on any atom is 0.165 e. The molecule has 5 nitrogen and oxygen atoms in total. The number of likely N-dealkylation sites (tertiary alicyclic amines) is 1. The van der Waals surface area contributed by atoms with Crippen molar-refractivity contribution >= 4 is 5.69 Å². The fourth-order valence-electron chi connectivity index (χ4n) is 7.95. The highest BCUT2D eigenvalue weighted by atomic mass is 16.5. The van der Waals surface area contributed by atoms with Crippen molar-refractivity contribution in [3.63, 3.8) is 0 Å². The topological polar surface area (TPSA) is 56.2 Å². The fraction of sp³-hybridized carbons (Fsp3) is 0.538. The van der Waals surface area contributed by atoms with Crippen molar-refractivity contribution in [1.29, 1.82) is 0 Å². The molecule has 2 aromatic rings. The van der Waals surface area contributed by atoms with Gasteiger partial charge in [0, 0.05) is 23.8 Å². The number of aromatic hydroxyl groups is 1. The van der Waals surface area contributed by atoms with E-state index in [0.29, 0.717) is 5.75 Å². The van der Waals surface area contributed by atoms with Crippen molar-refractivity contribution in [2.24, 2.45) is 0 Å². The van der Waals surface area contributed by atoms with E-state index in [1.165, 1.54) is 16.8 Å². The molecule has 0 unspecified atom stereocenters. The Kier molecular flexibility index (Phi) is 3.53.